The summed E-state index contributed by atoms with van der Waals surface area (Å²) in [5.74, 6) is -0.0258. The molecule has 0 unspecified atom stereocenters. The van der Waals surface area contributed by atoms with Crippen LogP contribution in [0.25, 0.3) is 0 Å². The number of hydrogen-bond acceptors (Lipinski definition) is 4. The number of likely N-dealkylation sites (tertiary alicyclic amines) is 1. The topological polar surface area (TPSA) is 55.9 Å². The van der Waals surface area contributed by atoms with Crippen LogP contribution in [0.1, 0.15) is 49.5 Å². The van der Waals surface area contributed by atoms with Gasteiger partial charge in [-0.1, -0.05) is 36.4 Å². The first-order chi connectivity index (χ1) is 18.0. The highest BCUT2D eigenvalue weighted by Gasteiger charge is 2.27. The average molecular weight is 499 g/mol. The van der Waals surface area contributed by atoms with Gasteiger partial charge in [-0.25, -0.2) is 0 Å². The SMILES string of the molecule is CCN(CC)C(=O)c1ccc(N(c2cccc(NC(C)=O)c2)C2CCN(Cc3ccccc3)CC2)cc1. The van der Waals surface area contributed by atoms with E-state index in [-0.39, 0.29) is 11.8 Å². The summed E-state index contributed by atoms with van der Waals surface area (Å²) in [6, 6.07) is 26.9. The van der Waals surface area contributed by atoms with E-state index in [2.05, 4.69) is 63.6 Å². The third-order valence-electron chi connectivity index (χ3n) is 7.06. The Balaban J connectivity index is 1.57. The quantitative estimate of drug-likeness (QED) is 0.397. The van der Waals surface area contributed by atoms with E-state index in [0.29, 0.717) is 24.7 Å². The van der Waals surface area contributed by atoms with Crippen molar-refractivity contribution in [1.82, 2.24) is 9.80 Å². The second-order valence-corrected chi connectivity index (χ2v) is 9.62. The van der Waals surface area contributed by atoms with E-state index in [1.54, 1.807) is 0 Å². The lowest BCUT2D eigenvalue weighted by Crippen LogP contribution is -2.43. The minimum Gasteiger partial charge on any atom is -0.339 e. The van der Waals surface area contributed by atoms with Crippen molar-refractivity contribution in [3.05, 3.63) is 90.0 Å². The molecule has 1 aliphatic heterocycles. The summed E-state index contributed by atoms with van der Waals surface area (Å²) in [5, 5.41) is 2.91. The summed E-state index contributed by atoms with van der Waals surface area (Å²) in [6.07, 6.45) is 2.05. The first kappa shape index (κ1) is 26.4. The maximum absolute atomic E-state index is 12.9. The maximum atomic E-state index is 12.9. The van der Waals surface area contributed by atoms with Crippen LogP contribution < -0.4 is 10.2 Å². The molecule has 0 spiro atoms. The molecule has 0 bridgehead atoms. The van der Waals surface area contributed by atoms with Gasteiger partial charge in [0.15, 0.2) is 0 Å². The molecule has 2 amide bonds. The van der Waals surface area contributed by atoms with Gasteiger partial charge in [-0.15, -0.1) is 0 Å². The molecule has 0 atom stereocenters. The van der Waals surface area contributed by atoms with E-state index in [9.17, 15) is 9.59 Å². The number of piperidine rings is 1. The van der Waals surface area contributed by atoms with Crippen LogP contribution in [0.4, 0.5) is 17.1 Å². The van der Waals surface area contributed by atoms with Crippen LogP contribution in [-0.2, 0) is 11.3 Å². The van der Waals surface area contributed by atoms with Crippen LogP contribution in [0, 0.1) is 0 Å². The van der Waals surface area contributed by atoms with Gasteiger partial charge in [0, 0.05) is 68.3 Å². The van der Waals surface area contributed by atoms with Gasteiger partial charge in [-0.2, -0.15) is 0 Å². The van der Waals surface area contributed by atoms with Crippen LogP contribution in [0.3, 0.4) is 0 Å². The Kier molecular flexibility index (Phi) is 8.96. The summed E-state index contributed by atoms with van der Waals surface area (Å²) in [6.45, 7) is 9.92. The van der Waals surface area contributed by atoms with Gasteiger partial charge in [0.1, 0.15) is 0 Å². The Bertz CT molecular complexity index is 1170. The van der Waals surface area contributed by atoms with Gasteiger partial charge in [-0.3, -0.25) is 14.5 Å². The summed E-state index contributed by atoms with van der Waals surface area (Å²) in [4.78, 5) is 31.3. The standard InChI is InChI=1S/C31H38N4O2/c1-4-34(5-2)31(37)26-14-16-28(17-15-26)35(30-13-9-12-27(22-30)32-24(3)36)29-18-20-33(21-19-29)23-25-10-7-6-8-11-25/h6-17,22,29H,4-5,18-21,23H2,1-3H3,(H,32,36). The average Bonchev–Trinajstić information content (AvgIpc) is 2.91. The molecule has 0 aliphatic carbocycles. The van der Waals surface area contributed by atoms with Gasteiger partial charge in [0.25, 0.3) is 5.91 Å². The predicted octanol–water partition coefficient (Wildman–Crippen LogP) is 5.93. The Morgan fingerprint density at radius 2 is 1.54 bits per heavy atom. The molecule has 1 heterocycles. The molecule has 3 aromatic rings. The van der Waals surface area contributed by atoms with Crippen molar-refractivity contribution in [3.63, 3.8) is 0 Å². The molecule has 0 radical (unpaired) electrons. The number of anilines is 3. The molecule has 37 heavy (non-hydrogen) atoms. The molecule has 3 aromatic carbocycles. The highest BCUT2D eigenvalue weighted by atomic mass is 16.2. The number of carbonyl (C=O) groups is 2. The Morgan fingerprint density at radius 1 is 0.865 bits per heavy atom. The van der Waals surface area contributed by atoms with Crippen molar-refractivity contribution in [2.24, 2.45) is 0 Å². The normalized spacial score (nSPS) is 14.2. The molecule has 0 saturated carbocycles. The van der Waals surface area contributed by atoms with Crippen LogP contribution in [0.5, 0.6) is 0 Å². The van der Waals surface area contributed by atoms with E-state index in [0.717, 1.165) is 49.5 Å². The maximum Gasteiger partial charge on any atom is 0.253 e. The van der Waals surface area contributed by atoms with Crippen molar-refractivity contribution in [1.29, 1.82) is 0 Å². The minimum absolute atomic E-state index is 0.0602. The molecule has 1 aliphatic rings. The number of nitrogens with zero attached hydrogens (tertiary/aromatic N) is 3. The molecule has 1 saturated heterocycles. The number of rotatable bonds is 9. The number of hydrogen-bond donors (Lipinski definition) is 1. The fourth-order valence-corrected chi connectivity index (χ4v) is 5.14. The summed E-state index contributed by atoms with van der Waals surface area (Å²) in [5.41, 5.74) is 4.92. The lowest BCUT2D eigenvalue weighted by atomic mass is 10.00. The minimum atomic E-state index is -0.0859. The fraction of sp³-hybridized carbons (Fsp3) is 0.355. The summed E-state index contributed by atoms with van der Waals surface area (Å²) >= 11 is 0. The van der Waals surface area contributed by atoms with Gasteiger partial charge >= 0.3 is 0 Å². The third kappa shape index (κ3) is 6.77. The van der Waals surface area contributed by atoms with Gasteiger partial charge in [0.05, 0.1) is 0 Å². The second kappa shape index (κ2) is 12.5. The molecule has 6 nitrogen and oxygen atoms in total. The zero-order valence-electron chi connectivity index (χ0n) is 22.2. The number of carbonyl (C=O) groups excluding carboxylic acids is 2. The highest BCUT2D eigenvalue weighted by Crippen LogP contribution is 2.34. The van der Waals surface area contributed by atoms with E-state index in [1.165, 1.54) is 12.5 Å². The third-order valence-corrected chi connectivity index (χ3v) is 7.06. The van der Waals surface area contributed by atoms with Crippen molar-refractivity contribution >= 4 is 28.9 Å². The molecule has 1 fully saturated rings. The zero-order chi connectivity index (χ0) is 26.2. The van der Waals surface area contributed by atoms with Crippen LogP contribution in [0.15, 0.2) is 78.9 Å². The van der Waals surface area contributed by atoms with Crippen molar-refractivity contribution in [2.45, 2.75) is 46.2 Å². The predicted molar refractivity (Wildman–Crippen MR) is 151 cm³/mol. The molecular formula is C31H38N4O2. The largest absolute Gasteiger partial charge is 0.339 e. The Hall–Kier alpha value is -3.64. The van der Waals surface area contributed by atoms with Crippen LogP contribution >= 0.6 is 0 Å². The Labute approximate surface area is 220 Å². The van der Waals surface area contributed by atoms with E-state index < -0.39 is 0 Å². The lowest BCUT2D eigenvalue weighted by molar-refractivity contribution is -0.114. The molecule has 0 aromatic heterocycles. The number of nitrogens with one attached hydrogen (secondary N) is 1. The number of amides is 2. The van der Waals surface area contributed by atoms with Gasteiger partial charge in [0.2, 0.25) is 5.91 Å². The first-order valence-corrected chi connectivity index (χ1v) is 13.3. The molecule has 194 valence electrons. The summed E-state index contributed by atoms with van der Waals surface area (Å²) in [7, 11) is 0. The van der Waals surface area contributed by atoms with Gasteiger partial charge in [-0.05, 0) is 74.7 Å². The Morgan fingerprint density at radius 3 is 2.16 bits per heavy atom. The smallest absolute Gasteiger partial charge is 0.253 e. The van der Waals surface area contributed by atoms with Crippen molar-refractivity contribution in [2.75, 3.05) is 36.4 Å². The van der Waals surface area contributed by atoms with E-state index in [4.69, 9.17) is 0 Å². The monoisotopic (exact) mass is 498 g/mol. The molecule has 4 rings (SSSR count). The van der Waals surface area contributed by atoms with E-state index >= 15 is 0 Å². The second-order valence-electron chi connectivity index (χ2n) is 9.62. The van der Waals surface area contributed by atoms with Crippen LogP contribution in [0.2, 0.25) is 0 Å². The zero-order valence-corrected chi connectivity index (χ0v) is 22.2. The number of benzene rings is 3. The van der Waals surface area contributed by atoms with Gasteiger partial charge < -0.3 is 15.1 Å². The lowest BCUT2D eigenvalue weighted by Gasteiger charge is -2.40. The molecule has 6 heteroatoms. The highest BCUT2D eigenvalue weighted by molar-refractivity contribution is 5.94. The first-order valence-electron chi connectivity index (χ1n) is 13.3. The van der Waals surface area contributed by atoms with E-state index in [1.807, 2.05) is 49.1 Å². The van der Waals surface area contributed by atoms with Crippen LogP contribution in [-0.4, -0.2) is 53.8 Å². The van der Waals surface area contributed by atoms with Crippen molar-refractivity contribution in [3.8, 4) is 0 Å². The molecule has 1 N–H and O–H groups in total. The summed E-state index contributed by atoms with van der Waals surface area (Å²) < 4.78 is 0. The fourth-order valence-electron chi connectivity index (χ4n) is 5.14. The molecular weight excluding hydrogens is 460 g/mol. The van der Waals surface area contributed by atoms with Crippen molar-refractivity contribution < 1.29 is 9.59 Å².